The van der Waals surface area contributed by atoms with E-state index in [1.807, 2.05) is 71.9 Å². The van der Waals surface area contributed by atoms with Crippen molar-refractivity contribution < 1.29 is 28.6 Å². The number of aryl methyl sites for hydroxylation is 2. The number of carbonyl (C=O) groups is 3. The van der Waals surface area contributed by atoms with Crippen LogP contribution in [0.1, 0.15) is 90.5 Å². The van der Waals surface area contributed by atoms with E-state index in [1.54, 1.807) is 14.7 Å². The molecule has 0 spiro atoms. The Bertz CT molecular complexity index is 1300. The van der Waals surface area contributed by atoms with Gasteiger partial charge in [-0.1, -0.05) is 42.8 Å². The average Bonchev–Trinajstić information content (AvgIpc) is 3.46. The van der Waals surface area contributed by atoms with Crippen LogP contribution in [-0.4, -0.2) is 76.5 Å². The van der Waals surface area contributed by atoms with Gasteiger partial charge in [-0.15, -0.1) is 0 Å². The van der Waals surface area contributed by atoms with Gasteiger partial charge in [-0.2, -0.15) is 0 Å². The molecule has 2 aromatic rings. The van der Waals surface area contributed by atoms with Crippen LogP contribution in [0.5, 0.6) is 0 Å². The molecular formula is C35H50N4O6. The maximum atomic E-state index is 13.3. The van der Waals surface area contributed by atoms with E-state index in [9.17, 15) is 14.4 Å². The number of unbranched alkanes of at least 4 members (excludes halogenated alkanes) is 2. The molecule has 3 amide bonds. The van der Waals surface area contributed by atoms with Gasteiger partial charge in [0.1, 0.15) is 23.6 Å². The number of benzene rings is 1. The lowest BCUT2D eigenvalue weighted by Crippen LogP contribution is -2.44. The first kappa shape index (κ1) is 34.1. The van der Waals surface area contributed by atoms with E-state index in [0.29, 0.717) is 38.4 Å². The fourth-order valence-electron chi connectivity index (χ4n) is 5.59. The highest BCUT2D eigenvalue weighted by atomic mass is 16.6. The second-order valence-electron chi connectivity index (χ2n) is 13.9. The number of anilines is 1. The van der Waals surface area contributed by atoms with E-state index in [2.05, 4.69) is 12.1 Å². The standard InChI is InChI=1S/C35H50N4O6/c1-34(2,3)44-31(40)37-23-20-29(24-37)38(32(41)43-25-26-14-9-7-10-15-26)21-12-8-11-17-28-19-18-27-16-13-22-39(30(27)36-28)33(42)45-35(4,5)6/h7,9-10,14-15,18-19,29H,8,11-13,16-17,20-25H2,1-6H3/t29-/m1/s1. The summed E-state index contributed by atoms with van der Waals surface area (Å²) in [6.45, 7) is 13.4. The molecule has 10 nitrogen and oxygen atoms in total. The summed E-state index contributed by atoms with van der Waals surface area (Å²) in [6.07, 6.45) is 4.70. The SMILES string of the molecule is CC(C)(C)OC(=O)N1CC[C@@H](N(CCCCCc2ccc3c(n2)N(C(=O)OC(C)(C)C)CCC3)C(=O)OCc2ccccc2)C1. The average molecular weight is 623 g/mol. The number of nitrogens with zero attached hydrogens (tertiary/aromatic N) is 4. The van der Waals surface area contributed by atoms with Gasteiger partial charge >= 0.3 is 18.3 Å². The lowest BCUT2D eigenvalue weighted by atomic mass is 10.0. The largest absolute Gasteiger partial charge is 0.445 e. The molecule has 1 fully saturated rings. The van der Waals surface area contributed by atoms with Gasteiger partial charge in [-0.3, -0.25) is 4.90 Å². The molecule has 1 atom stereocenters. The Morgan fingerprint density at radius 3 is 2.31 bits per heavy atom. The van der Waals surface area contributed by atoms with Gasteiger partial charge in [0.2, 0.25) is 0 Å². The molecule has 45 heavy (non-hydrogen) atoms. The molecule has 246 valence electrons. The van der Waals surface area contributed by atoms with Gasteiger partial charge in [0.05, 0.1) is 6.04 Å². The van der Waals surface area contributed by atoms with E-state index in [0.717, 1.165) is 55.3 Å². The van der Waals surface area contributed by atoms with E-state index in [4.69, 9.17) is 19.2 Å². The third-order valence-electron chi connectivity index (χ3n) is 7.74. The topological polar surface area (TPSA) is 102 Å². The molecule has 1 aromatic heterocycles. The van der Waals surface area contributed by atoms with Gasteiger partial charge < -0.3 is 24.0 Å². The molecule has 0 aliphatic carbocycles. The highest BCUT2D eigenvalue weighted by molar-refractivity contribution is 5.88. The molecule has 0 saturated carbocycles. The smallest absolute Gasteiger partial charge is 0.416 e. The molecule has 3 heterocycles. The Morgan fingerprint density at radius 2 is 1.60 bits per heavy atom. The normalized spacial score (nSPS) is 16.6. The van der Waals surface area contributed by atoms with Gasteiger partial charge in [0.25, 0.3) is 0 Å². The second-order valence-corrected chi connectivity index (χ2v) is 13.9. The van der Waals surface area contributed by atoms with Crippen molar-refractivity contribution in [3.05, 3.63) is 59.3 Å². The summed E-state index contributed by atoms with van der Waals surface area (Å²) in [5.74, 6) is 0.705. The molecular weight excluding hydrogens is 572 g/mol. The molecule has 2 aliphatic rings. The Morgan fingerprint density at radius 1 is 0.889 bits per heavy atom. The third kappa shape index (κ3) is 10.4. The number of carbonyl (C=O) groups excluding carboxylic acids is 3. The van der Waals surface area contributed by atoms with Crippen molar-refractivity contribution in [2.75, 3.05) is 31.1 Å². The molecule has 0 N–H and O–H groups in total. The van der Waals surface area contributed by atoms with Crippen molar-refractivity contribution in [2.45, 2.75) is 110 Å². The maximum absolute atomic E-state index is 13.3. The van der Waals surface area contributed by atoms with Crippen molar-refractivity contribution in [3.8, 4) is 0 Å². The highest BCUT2D eigenvalue weighted by Crippen LogP contribution is 2.28. The zero-order valence-corrected chi connectivity index (χ0v) is 27.8. The van der Waals surface area contributed by atoms with E-state index < -0.39 is 11.2 Å². The number of fused-ring (bicyclic) bond motifs is 1. The van der Waals surface area contributed by atoms with Crippen LogP contribution in [0, 0.1) is 0 Å². The second kappa shape index (κ2) is 15.0. The van der Waals surface area contributed by atoms with Crippen LogP contribution in [0.3, 0.4) is 0 Å². The molecule has 1 saturated heterocycles. The van der Waals surface area contributed by atoms with E-state index in [-0.39, 0.29) is 30.9 Å². The summed E-state index contributed by atoms with van der Waals surface area (Å²) >= 11 is 0. The van der Waals surface area contributed by atoms with Gasteiger partial charge in [-0.25, -0.2) is 19.4 Å². The van der Waals surface area contributed by atoms with Crippen molar-refractivity contribution in [2.24, 2.45) is 0 Å². The zero-order valence-electron chi connectivity index (χ0n) is 27.8. The zero-order chi connectivity index (χ0) is 32.6. The third-order valence-corrected chi connectivity index (χ3v) is 7.74. The Kier molecular flexibility index (Phi) is 11.3. The van der Waals surface area contributed by atoms with Crippen molar-refractivity contribution >= 4 is 24.1 Å². The number of pyridine rings is 1. The lowest BCUT2D eigenvalue weighted by Gasteiger charge is -2.31. The molecule has 0 radical (unpaired) electrons. The quantitative estimate of drug-likeness (QED) is 0.217. The summed E-state index contributed by atoms with van der Waals surface area (Å²) in [4.78, 5) is 48.8. The summed E-state index contributed by atoms with van der Waals surface area (Å²) in [6, 6.07) is 13.6. The van der Waals surface area contributed by atoms with Crippen LogP contribution in [0.25, 0.3) is 0 Å². The number of rotatable bonds is 9. The number of ether oxygens (including phenoxy) is 3. The lowest BCUT2D eigenvalue weighted by molar-refractivity contribution is 0.0272. The Labute approximate surface area is 268 Å². The van der Waals surface area contributed by atoms with E-state index in [1.165, 1.54) is 0 Å². The fraction of sp³-hybridized carbons (Fsp3) is 0.600. The van der Waals surface area contributed by atoms with Crippen LogP contribution in [0.4, 0.5) is 20.2 Å². The molecule has 4 rings (SSSR count). The molecule has 0 unspecified atom stereocenters. The molecule has 2 aliphatic heterocycles. The molecule has 10 heteroatoms. The Hall–Kier alpha value is -3.82. The number of aromatic nitrogens is 1. The minimum Gasteiger partial charge on any atom is -0.445 e. The minimum atomic E-state index is -0.579. The first-order valence-electron chi connectivity index (χ1n) is 16.2. The number of hydrogen-bond acceptors (Lipinski definition) is 7. The number of hydrogen-bond donors (Lipinski definition) is 0. The number of amides is 3. The summed E-state index contributed by atoms with van der Waals surface area (Å²) in [7, 11) is 0. The monoisotopic (exact) mass is 622 g/mol. The predicted molar refractivity (Wildman–Crippen MR) is 173 cm³/mol. The van der Waals surface area contributed by atoms with Crippen LogP contribution in [-0.2, 0) is 33.7 Å². The van der Waals surface area contributed by atoms with Crippen LogP contribution < -0.4 is 4.90 Å². The molecule has 0 bridgehead atoms. The number of likely N-dealkylation sites (tertiary alicyclic amines) is 1. The predicted octanol–water partition coefficient (Wildman–Crippen LogP) is 7.13. The molecule has 1 aromatic carbocycles. The highest BCUT2D eigenvalue weighted by Gasteiger charge is 2.35. The fourth-order valence-corrected chi connectivity index (χ4v) is 5.59. The van der Waals surface area contributed by atoms with Gasteiger partial charge in [0, 0.05) is 31.9 Å². The van der Waals surface area contributed by atoms with Crippen molar-refractivity contribution in [1.82, 2.24) is 14.8 Å². The van der Waals surface area contributed by atoms with Gasteiger partial charge in [-0.05, 0) is 97.3 Å². The first-order chi connectivity index (χ1) is 21.3. The van der Waals surface area contributed by atoms with Crippen LogP contribution in [0.2, 0.25) is 0 Å². The first-order valence-corrected chi connectivity index (χ1v) is 16.2. The summed E-state index contributed by atoms with van der Waals surface area (Å²) < 4.78 is 16.9. The minimum absolute atomic E-state index is 0.137. The van der Waals surface area contributed by atoms with E-state index >= 15 is 0 Å². The van der Waals surface area contributed by atoms with Crippen LogP contribution >= 0.6 is 0 Å². The Balaban J connectivity index is 1.33. The van der Waals surface area contributed by atoms with Crippen molar-refractivity contribution in [1.29, 1.82) is 0 Å². The maximum Gasteiger partial charge on any atom is 0.416 e. The van der Waals surface area contributed by atoms with Crippen LogP contribution in [0.15, 0.2) is 42.5 Å². The summed E-state index contributed by atoms with van der Waals surface area (Å²) in [5, 5.41) is 0. The van der Waals surface area contributed by atoms with Crippen molar-refractivity contribution in [3.63, 3.8) is 0 Å². The van der Waals surface area contributed by atoms with Gasteiger partial charge in [0.15, 0.2) is 0 Å². The summed E-state index contributed by atoms with van der Waals surface area (Å²) in [5.41, 5.74) is 1.78.